The van der Waals surface area contributed by atoms with Crippen LogP contribution in [-0.4, -0.2) is 91.3 Å². The van der Waals surface area contributed by atoms with E-state index in [9.17, 15) is 0 Å². The first-order valence-corrected chi connectivity index (χ1v) is 5.14. The van der Waals surface area contributed by atoms with Crippen molar-refractivity contribution in [1.29, 1.82) is 21.0 Å². The summed E-state index contributed by atoms with van der Waals surface area (Å²) >= 11 is 8.44. The predicted octanol–water partition coefficient (Wildman–Crippen LogP) is -1.84. The van der Waals surface area contributed by atoms with Crippen molar-refractivity contribution in [2.24, 2.45) is 0 Å². The van der Waals surface area contributed by atoms with Crippen LogP contribution in [0, 0.1) is 40.9 Å². The monoisotopic (exact) mass is 632 g/mol. The van der Waals surface area contributed by atoms with Crippen molar-refractivity contribution >= 4 is 91.3 Å². The van der Waals surface area contributed by atoms with Gasteiger partial charge in [-0.25, -0.2) is 0 Å². The summed E-state index contributed by atoms with van der Waals surface area (Å²) in [4.78, 5) is 6.50. The second kappa shape index (κ2) is 75.4. The molecule has 4 nitrogen and oxygen atoms in total. The van der Waals surface area contributed by atoms with Crippen LogP contribution in [0.5, 0.6) is 0 Å². The Morgan fingerprint density at radius 1 is 0.538 bits per heavy atom. The van der Waals surface area contributed by atoms with E-state index in [1.807, 2.05) is 0 Å². The molecule has 0 aliphatic carbocycles. The molecule has 0 aromatic heterocycles. The SMILES string of the molecule is N#C[Se].N#C[Se].N#C[Se].N#C[Se].[Pb]. The Kier molecular flexibility index (Phi) is 169. The maximum Gasteiger partial charge on any atom is 0 e. The smallest absolute Gasteiger partial charge is 0 e. The maximum atomic E-state index is 7.26. The second-order valence-electron chi connectivity index (χ2n) is 0.365. The first-order valence-electron chi connectivity index (χ1n) is 1.71. The molecular formula is C4N4PbSe4. The number of hydrogen-bond donors (Lipinski definition) is 0. The second-order valence-corrected chi connectivity index (χ2v) is 1.90. The number of rotatable bonds is 0. The Bertz CT molecular complexity index is 158. The van der Waals surface area contributed by atoms with Gasteiger partial charge in [-0.3, -0.25) is 0 Å². The fourth-order valence-electron chi connectivity index (χ4n) is 0. The summed E-state index contributed by atoms with van der Waals surface area (Å²) in [6.07, 6.45) is 0. The van der Waals surface area contributed by atoms with E-state index < -0.39 is 0 Å². The zero-order chi connectivity index (χ0) is 10.8. The van der Waals surface area contributed by atoms with E-state index in [4.69, 9.17) is 21.0 Å². The van der Waals surface area contributed by atoms with Gasteiger partial charge in [-0.05, 0) is 0 Å². The molecule has 0 aromatic carbocycles. The van der Waals surface area contributed by atoms with Gasteiger partial charge in [-0.2, -0.15) is 0 Å². The van der Waals surface area contributed by atoms with Crippen molar-refractivity contribution in [1.82, 2.24) is 0 Å². The fourth-order valence-corrected chi connectivity index (χ4v) is 0. The van der Waals surface area contributed by atoms with Gasteiger partial charge >= 0.3 is 105 Å². The summed E-state index contributed by atoms with van der Waals surface area (Å²) in [7, 11) is 0. The van der Waals surface area contributed by atoms with E-state index in [1.54, 1.807) is 19.9 Å². The average Bonchev–Trinajstić information content (AvgIpc) is 1.92. The molecule has 64 valence electrons. The molecule has 0 atom stereocenters. The zero-order valence-electron chi connectivity index (χ0n) is 5.92. The molecule has 0 heterocycles. The van der Waals surface area contributed by atoms with Gasteiger partial charge in [0.2, 0.25) is 0 Å². The van der Waals surface area contributed by atoms with Crippen LogP contribution >= 0.6 is 0 Å². The van der Waals surface area contributed by atoms with Gasteiger partial charge in [0.05, 0.1) is 0 Å². The van der Waals surface area contributed by atoms with Gasteiger partial charge in [0.15, 0.2) is 0 Å². The number of hydrogen-bond acceptors (Lipinski definition) is 4. The van der Waals surface area contributed by atoms with Crippen molar-refractivity contribution in [3.63, 3.8) is 0 Å². The van der Waals surface area contributed by atoms with Gasteiger partial charge in [0, 0.05) is 27.3 Å². The van der Waals surface area contributed by atoms with Crippen LogP contribution in [0.2, 0.25) is 0 Å². The topological polar surface area (TPSA) is 95.2 Å². The summed E-state index contributed by atoms with van der Waals surface area (Å²) in [6.45, 7) is 0. The Labute approximate surface area is 130 Å². The molecule has 0 aliphatic rings. The van der Waals surface area contributed by atoms with Crippen molar-refractivity contribution in [2.75, 3.05) is 0 Å². The van der Waals surface area contributed by atoms with Crippen LogP contribution in [0.15, 0.2) is 0 Å². The van der Waals surface area contributed by atoms with Crippen molar-refractivity contribution in [3.8, 4) is 19.9 Å². The fraction of sp³-hybridized carbons (Fsp3) is 0. The normalized spacial score (nSPS) is 2.15. The number of nitriles is 4. The summed E-state index contributed by atoms with van der Waals surface area (Å²) in [6, 6.07) is 0. The molecule has 0 rings (SSSR count). The largest absolute Gasteiger partial charge is 0 e. The van der Waals surface area contributed by atoms with Crippen molar-refractivity contribution in [3.05, 3.63) is 0 Å². The molecule has 0 fully saturated rings. The third-order valence-electron chi connectivity index (χ3n) is 0. The van der Waals surface area contributed by atoms with Crippen LogP contribution in [0.3, 0.4) is 0 Å². The first-order chi connectivity index (χ1) is 5.66. The average molecular weight is 627 g/mol. The van der Waals surface area contributed by atoms with Crippen LogP contribution in [0.25, 0.3) is 0 Å². The minimum absolute atomic E-state index is 0. The van der Waals surface area contributed by atoms with Gasteiger partial charge in [0.25, 0.3) is 0 Å². The van der Waals surface area contributed by atoms with Crippen LogP contribution in [0.1, 0.15) is 0 Å². The van der Waals surface area contributed by atoms with Gasteiger partial charge in [-0.1, -0.05) is 0 Å². The first kappa shape index (κ1) is 29.2. The van der Waals surface area contributed by atoms with Crippen molar-refractivity contribution < 1.29 is 0 Å². The van der Waals surface area contributed by atoms with E-state index in [0.717, 1.165) is 0 Å². The molecule has 0 bridgehead atoms. The molecule has 9 heteroatoms. The summed E-state index contributed by atoms with van der Waals surface area (Å²) < 4.78 is 0. The molecule has 0 aromatic rings. The van der Waals surface area contributed by atoms with E-state index in [0.29, 0.717) is 0 Å². The number of nitrogens with zero attached hydrogens (tertiary/aromatic N) is 4. The van der Waals surface area contributed by atoms with E-state index in [2.05, 4.69) is 64.1 Å². The molecule has 13 heavy (non-hydrogen) atoms. The Balaban J connectivity index is -0.0000000213. The van der Waals surface area contributed by atoms with Crippen LogP contribution in [0.4, 0.5) is 0 Å². The molecule has 0 aliphatic heterocycles. The Morgan fingerprint density at radius 2 is 0.538 bits per heavy atom. The van der Waals surface area contributed by atoms with Gasteiger partial charge < -0.3 is 0 Å². The van der Waals surface area contributed by atoms with Crippen LogP contribution in [-0.2, 0) is 0 Å². The summed E-state index contributed by atoms with van der Waals surface area (Å²) in [5, 5.41) is 29.1. The standard InChI is InChI=1S/4CNSe.Pb/c4*2-1-3;. The molecule has 0 N–H and O–H groups in total. The Hall–Kier alpha value is 0.960. The third-order valence-corrected chi connectivity index (χ3v) is 0. The minimum Gasteiger partial charge on any atom is 0 e. The maximum absolute atomic E-state index is 7.26. The molecule has 8 radical (unpaired) electrons. The van der Waals surface area contributed by atoms with E-state index >= 15 is 0 Å². The molecule has 0 unspecified atom stereocenters. The molecule has 0 saturated carbocycles. The summed E-state index contributed by atoms with van der Waals surface area (Å²) in [5.41, 5.74) is 0. The molecule has 0 saturated heterocycles. The van der Waals surface area contributed by atoms with Crippen LogP contribution < -0.4 is 0 Å². The predicted molar refractivity (Wildman–Crippen MR) is 51.2 cm³/mol. The van der Waals surface area contributed by atoms with Gasteiger partial charge in [0.1, 0.15) is 0 Å². The zero-order valence-corrected chi connectivity index (χ0v) is 16.7. The molecule has 0 spiro atoms. The molecular weight excluding hydrogens is 627 g/mol. The van der Waals surface area contributed by atoms with E-state index in [-0.39, 0.29) is 27.3 Å². The summed E-state index contributed by atoms with van der Waals surface area (Å²) in [5.74, 6) is 0. The minimum atomic E-state index is 0. The quantitative estimate of drug-likeness (QED) is 0.296. The van der Waals surface area contributed by atoms with Gasteiger partial charge in [-0.15, -0.1) is 0 Å². The van der Waals surface area contributed by atoms with Crippen molar-refractivity contribution in [2.45, 2.75) is 0 Å². The molecule has 0 amide bonds. The Morgan fingerprint density at radius 3 is 0.538 bits per heavy atom. The third kappa shape index (κ3) is 1690. The van der Waals surface area contributed by atoms with E-state index in [1.165, 1.54) is 0 Å².